The predicted octanol–water partition coefficient (Wildman–Crippen LogP) is -0.514. The molecule has 128 valence electrons. The first kappa shape index (κ1) is 27.8. The molecule has 0 atom stereocenters. The molecule has 0 aromatic carbocycles. The van der Waals surface area contributed by atoms with Crippen LogP contribution in [0.15, 0.2) is 0 Å². The van der Waals surface area contributed by atoms with Gasteiger partial charge in [0.15, 0.2) is 0 Å². The first-order valence-corrected chi connectivity index (χ1v) is 9.26. The number of unbranched alkanes of at least 4 members (excludes halogenated alkanes) is 8. The van der Waals surface area contributed by atoms with Crippen LogP contribution in [0.2, 0.25) is 0 Å². The fourth-order valence-electron chi connectivity index (χ4n) is 1.73. The van der Waals surface area contributed by atoms with Crippen molar-refractivity contribution in [2.75, 3.05) is 12.3 Å². The summed E-state index contributed by atoms with van der Waals surface area (Å²) in [5.74, 6) is -1.12. The minimum absolute atomic E-state index is 0. The van der Waals surface area contributed by atoms with Gasteiger partial charge in [0.05, 0.1) is 15.9 Å². The van der Waals surface area contributed by atoms with Gasteiger partial charge in [-0.3, -0.25) is 4.79 Å². The van der Waals surface area contributed by atoms with Gasteiger partial charge in [0.2, 0.25) is 0 Å². The molecule has 8 heteroatoms. The Hall–Kier alpha value is 0.976. The molecule has 6 nitrogen and oxygen atoms in total. The summed E-state index contributed by atoms with van der Waals surface area (Å²) in [6, 6.07) is 0. The van der Waals surface area contributed by atoms with Crippen LogP contribution in [0.25, 0.3) is 0 Å². The van der Waals surface area contributed by atoms with Crippen molar-refractivity contribution in [3.8, 4) is 0 Å². The van der Waals surface area contributed by atoms with E-state index in [-0.39, 0.29) is 57.9 Å². The largest absolute Gasteiger partial charge is 1.00 e. The molecule has 22 heavy (non-hydrogen) atoms. The van der Waals surface area contributed by atoms with Crippen LogP contribution in [0.4, 0.5) is 0 Å². The monoisotopic (exact) mass is 363 g/mol. The number of carboxylic acids is 1. The average molecular weight is 364 g/mol. The van der Waals surface area contributed by atoms with Crippen molar-refractivity contribution in [3.63, 3.8) is 0 Å². The third-order valence-electron chi connectivity index (χ3n) is 2.86. The summed E-state index contributed by atoms with van der Waals surface area (Å²) in [6.07, 6.45) is 11.5. The number of carboxylic acid groups (broad SMARTS) is 1. The standard InChI is InChI=1S/C12H24O2.C2H7NO3S.K/c1-2-3-4-5-6-7-8-9-10-11-12(13)14;3-1-2-7(4,5)6;/h2-11H2,1H3,(H,13,14);1-3H2,(H,4,5,6);/q;;+1/p-1. The van der Waals surface area contributed by atoms with Crippen molar-refractivity contribution >= 4 is 16.1 Å². The normalized spacial score (nSPS) is 10.3. The number of aliphatic carboxylic acids is 1. The molecule has 0 spiro atoms. The third-order valence-corrected chi connectivity index (χ3v) is 3.60. The van der Waals surface area contributed by atoms with Crippen LogP contribution in [0, 0.1) is 0 Å². The molecule has 0 amide bonds. The van der Waals surface area contributed by atoms with Gasteiger partial charge < -0.3 is 15.4 Å². The fourth-order valence-corrected chi connectivity index (χ4v) is 2.02. The Bertz CT molecular complexity index is 336. The number of hydrogen-bond acceptors (Lipinski definition) is 5. The van der Waals surface area contributed by atoms with Gasteiger partial charge >= 0.3 is 57.4 Å². The van der Waals surface area contributed by atoms with E-state index in [4.69, 9.17) is 10.8 Å². The van der Waals surface area contributed by atoms with Gasteiger partial charge in [-0.15, -0.1) is 0 Å². The maximum atomic E-state index is 10.2. The van der Waals surface area contributed by atoms with E-state index >= 15 is 0 Å². The van der Waals surface area contributed by atoms with Gasteiger partial charge in [0.25, 0.3) is 0 Å². The third kappa shape index (κ3) is 32.8. The molecule has 0 aromatic rings. The summed E-state index contributed by atoms with van der Waals surface area (Å²) in [7, 11) is -4.05. The van der Waals surface area contributed by atoms with E-state index in [1.165, 1.54) is 44.9 Å². The molecule has 0 aromatic heterocycles. The molecule has 0 rings (SSSR count). The van der Waals surface area contributed by atoms with Crippen LogP contribution in [-0.2, 0) is 14.9 Å². The van der Waals surface area contributed by atoms with E-state index < -0.39 is 21.8 Å². The van der Waals surface area contributed by atoms with Crippen LogP contribution >= 0.6 is 0 Å². The van der Waals surface area contributed by atoms with E-state index in [2.05, 4.69) is 6.92 Å². The molecule has 0 aliphatic rings. The number of carbonyl (C=O) groups is 1. The second kappa shape index (κ2) is 20.0. The van der Waals surface area contributed by atoms with E-state index in [0.717, 1.165) is 12.8 Å². The van der Waals surface area contributed by atoms with Crippen LogP contribution in [0.5, 0.6) is 0 Å². The Morgan fingerprint density at radius 1 is 1.00 bits per heavy atom. The van der Waals surface area contributed by atoms with Gasteiger partial charge in [-0.05, 0) is 6.42 Å². The zero-order valence-electron chi connectivity index (χ0n) is 14.1. The Morgan fingerprint density at radius 2 is 1.41 bits per heavy atom. The molecular formula is C14H30KNO5S. The minimum atomic E-state index is -4.05. The molecule has 0 fully saturated rings. The van der Waals surface area contributed by atoms with Crippen molar-refractivity contribution in [2.24, 2.45) is 5.73 Å². The van der Waals surface area contributed by atoms with Crippen LogP contribution in [0.1, 0.15) is 71.1 Å². The summed E-state index contributed by atoms with van der Waals surface area (Å²) >= 11 is 0. The summed E-state index contributed by atoms with van der Waals surface area (Å²) in [6.45, 7) is 2.14. The first-order valence-electron chi connectivity index (χ1n) is 7.69. The average Bonchev–Trinajstić information content (AvgIpc) is 2.36. The van der Waals surface area contributed by atoms with E-state index in [9.17, 15) is 17.8 Å². The van der Waals surface area contributed by atoms with Gasteiger partial charge in [-0.25, -0.2) is 8.42 Å². The molecule has 0 saturated carbocycles. The zero-order chi connectivity index (χ0) is 16.6. The molecule has 0 saturated heterocycles. The zero-order valence-corrected chi connectivity index (χ0v) is 18.0. The van der Waals surface area contributed by atoms with Crippen molar-refractivity contribution < 1.29 is 74.3 Å². The first-order chi connectivity index (χ1) is 9.83. The Balaban J connectivity index is -0.000000385. The predicted molar refractivity (Wildman–Crippen MR) is 83.1 cm³/mol. The molecular weight excluding hydrogens is 333 g/mol. The van der Waals surface area contributed by atoms with Crippen molar-refractivity contribution in [1.29, 1.82) is 0 Å². The van der Waals surface area contributed by atoms with E-state index in [1.807, 2.05) is 0 Å². The van der Waals surface area contributed by atoms with Crippen molar-refractivity contribution in [2.45, 2.75) is 71.1 Å². The second-order valence-electron chi connectivity index (χ2n) is 5.02. The quantitative estimate of drug-likeness (QED) is 0.274. The maximum Gasteiger partial charge on any atom is 1.00 e. The molecule has 0 radical (unpaired) electrons. The molecule has 0 aliphatic heterocycles. The van der Waals surface area contributed by atoms with Crippen molar-refractivity contribution in [3.05, 3.63) is 0 Å². The minimum Gasteiger partial charge on any atom is -0.748 e. The van der Waals surface area contributed by atoms with Crippen LogP contribution < -0.4 is 57.1 Å². The smallest absolute Gasteiger partial charge is 0.748 e. The van der Waals surface area contributed by atoms with Crippen LogP contribution in [-0.4, -0.2) is 36.3 Å². The number of hydrogen-bond donors (Lipinski definition) is 2. The maximum absolute atomic E-state index is 10.2. The fraction of sp³-hybridized carbons (Fsp3) is 0.929. The molecule has 3 N–H and O–H groups in total. The summed E-state index contributed by atoms with van der Waals surface area (Å²) < 4.78 is 28.8. The topological polar surface area (TPSA) is 121 Å². The Kier molecular flexibility index (Phi) is 25.3. The summed E-state index contributed by atoms with van der Waals surface area (Å²) in [4.78, 5) is 10.2. The molecule has 0 unspecified atom stereocenters. The van der Waals surface area contributed by atoms with Gasteiger partial charge in [-0.2, -0.15) is 0 Å². The SMILES string of the molecule is CCCCCCCCCCCC(=O)O.NCCS(=O)(=O)[O-].[K+]. The summed E-state index contributed by atoms with van der Waals surface area (Å²) in [5.41, 5.74) is 4.74. The van der Waals surface area contributed by atoms with Crippen LogP contribution in [0.3, 0.4) is 0 Å². The van der Waals surface area contributed by atoms with E-state index in [1.54, 1.807) is 0 Å². The van der Waals surface area contributed by atoms with Gasteiger partial charge in [-0.1, -0.05) is 58.3 Å². The van der Waals surface area contributed by atoms with Crippen molar-refractivity contribution in [1.82, 2.24) is 0 Å². The Morgan fingerprint density at radius 3 is 1.68 bits per heavy atom. The Labute approximate surface area is 177 Å². The molecule has 0 heterocycles. The van der Waals surface area contributed by atoms with Gasteiger partial charge in [0.1, 0.15) is 0 Å². The van der Waals surface area contributed by atoms with Gasteiger partial charge in [0, 0.05) is 13.0 Å². The second-order valence-corrected chi connectivity index (χ2v) is 6.55. The number of rotatable bonds is 12. The molecule has 0 aliphatic carbocycles. The summed E-state index contributed by atoms with van der Waals surface area (Å²) in [5, 5.41) is 8.41. The molecule has 0 bridgehead atoms. The number of nitrogens with two attached hydrogens (primary N) is 1. The van der Waals surface area contributed by atoms with E-state index in [0.29, 0.717) is 6.42 Å².